The van der Waals surface area contributed by atoms with E-state index in [1.165, 1.54) is 174 Å². The third-order valence-corrected chi connectivity index (χ3v) is 38.7. The summed E-state index contributed by atoms with van der Waals surface area (Å²) in [6, 6.07) is 10.5. The van der Waals surface area contributed by atoms with Crippen molar-refractivity contribution in [3.05, 3.63) is 150 Å². The van der Waals surface area contributed by atoms with Crippen LogP contribution in [0.2, 0.25) is 0 Å². The van der Waals surface area contributed by atoms with Gasteiger partial charge in [-0.2, -0.15) is 0 Å². The number of nitrogens with zero attached hydrogens (tertiary/aromatic N) is 3. The van der Waals surface area contributed by atoms with Crippen molar-refractivity contribution in [2.75, 3.05) is 52.9 Å². The van der Waals surface area contributed by atoms with Crippen molar-refractivity contribution in [2.24, 2.45) is 114 Å². The van der Waals surface area contributed by atoms with Crippen LogP contribution in [-0.2, 0) is 37.9 Å². The SMILES string of the molecule is C=C1CCC2[C@]3(C)CO[C@@H](C4CCCC4)O[C@@H]3CC[C@@]2(C)[C@@H]1CCOc1cccc(F)c1C(=O)O.C=C1CCC2[C@]3(C)CO[C@@H](C4CCCC4)O[C@@H]3CC[C@@]2(C)[C@@H]1CCOc1ccnc(C(=O)O)c1.C=C1CCC2[C@]3(C)CO[C@@H](C4CCCC4)O[C@@H]3CC[C@@]2(C)[C@@H]1CCOc1ccncc1C(=O)O.C=C1CCC2[C@]3(C)CO[C@@H](C4CCCC4)O[C@@H]3CC[C@@]2(C)[C@@H]1CCOc1cnccc1C(=O)O. The number of pyridine rings is 3. The minimum absolute atomic E-state index is 0.00561. The van der Waals surface area contributed by atoms with E-state index >= 15 is 0 Å². The van der Waals surface area contributed by atoms with Crippen LogP contribution in [-0.4, -0.2) is 162 Å². The molecule has 137 heavy (non-hydrogen) atoms. The molecule has 0 radical (unpaired) electrons. The molecule has 7 heterocycles. The van der Waals surface area contributed by atoms with E-state index in [-0.39, 0.29) is 121 Å². The van der Waals surface area contributed by atoms with Gasteiger partial charge in [-0.1, -0.05) is 161 Å². The van der Waals surface area contributed by atoms with Crippen molar-refractivity contribution in [1.29, 1.82) is 0 Å². The normalized spacial score (nSPS) is 38.1. The fraction of sp³-hybridized carbons (Fsp3) is 0.708. The van der Waals surface area contributed by atoms with Crippen LogP contribution >= 0.6 is 0 Å². The molecule has 16 fully saturated rings. The number of carboxylic acid groups (broad SMARTS) is 4. The van der Waals surface area contributed by atoms with E-state index in [1.54, 1.807) is 18.3 Å². The van der Waals surface area contributed by atoms with Crippen molar-refractivity contribution < 1.29 is 101 Å². The number of carboxylic acids is 4. The van der Waals surface area contributed by atoms with Crippen LogP contribution in [0.25, 0.3) is 0 Å². The molecular weight excluding hydrogens is 1740 g/mol. The molecule has 750 valence electrons. The molecule has 12 aliphatic carbocycles. The molecule has 24 atom stereocenters. The van der Waals surface area contributed by atoms with Crippen LogP contribution in [0.15, 0.2) is 122 Å². The minimum Gasteiger partial charge on any atom is -0.493 e. The molecule has 4 N–H and O–H groups in total. The Morgan fingerprint density at radius 2 is 0.708 bits per heavy atom. The molecule has 4 saturated heterocycles. The second-order valence-corrected chi connectivity index (χ2v) is 46.3. The third-order valence-electron chi connectivity index (χ3n) is 38.7. The van der Waals surface area contributed by atoms with E-state index in [9.17, 15) is 44.0 Å². The van der Waals surface area contributed by atoms with E-state index in [4.69, 9.17) is 56.8 Å². The van der Waals surface area contributed by atoms with Gasteiger partial charge in [-0.05, 0) is 279 Å². The Labute approximate surface area is 811 Å². The Balaban J connectivity index is 0.000000127. The quantitative estimate of drug-likeness (QED) is 0.0474. The summed E-state index contributed by atoms with van der Waals surface area (Å²) < 4.78 is 90.2. The maximum Gasteiger partial charge on any atom is 0.354 e. The van der Waals surface area contributed by atoms with Gasteiger partial charge in [-0.3, -0.25) is 9.97 Å². The highest BCUT2D eigenvalue weighted by Gasteiger charge is 2.66. The molecular formula is C113H156FN3O20. The van der Waals surface area contributed by atoms with Crippen LogP contribution in [0.4, 0.5) is 4.39 Å². The first-order valence-electron chi connectivity index (χ1n) is 52.6. The number of rotatable bonds is 24. The van der Waals surface area contributed by atoms with E-state index in [0.29, 0.717) is 109 Å². The lowest BCUT2D eigenvalue weighted by Gasteiger charge is -2.63. The van der Waals surface area contributed by atoms with Crippen LogP contribution < -0.4 is 18.9 Å². The van der Waals surface area contributed by atoms with Gasteiger partial charge in [0.05, 0.1) is 83.5 Å². The van der Waals surface area contributed by atoms with Gasteiger partial charge < -0.3 is 77.3 Å². The van der Waals surface area contributed by atoms with Gasteiger partial charge in [-0.25, -0.2) is 28.6 Å². The Hall–Kier alpha value is -7.68. The molecule has 3 aromatic heterocycles. The largest absolute Gasteiger partial charge is 0.493 e. The second-order valence-electron chi connectivity index (χ2n) is 46.3. The van der Waals surface area contributed by atoms with Crippen LogP contribution in [0.5, 0.6) is 23.0 Å². The van der Waals surface area contributed by atoms with Gasteiger partial charge in [0.15, 0.2) is 36.6 Å². The van der Waals surface area contributed by atoms with Crippen molar-refractivity contribution >= 4 is 23.9 Å². The topological polar surface area (TPSA) is 299 Å². The molecule has 16 aliphatic rings. The van der Waals surface area contributed by atoms with E-state index in [0.717, 1.165) is 161 Å². The highest BCUT2D eigenvalue weighted by Crippen LogP contribution is 2.69. The molecule has 0 spiro atoms. The average molecular weight is 1900 g/mol. The first-order valence-corrected chi connectivity index (χ1v) is 52.6. The van der Waals surface area contributed by atoms with E-state index < -0.39 is 35.3 Å². The number of fused-ring (bicyclic) bond motifs is 12. The molecule has 23 nitrogen and oxygen atoms in total. The fourth-order valence-corrected chi connectivity index (χ4v) is 31.4. The zero-order chi connectivity index (χ0) is 96.6. The van der Waals surface area contributed by atoms with Crippen molar-refractivity contribution in [3.8, 4) is 23.0 Å². The smallest absolute Gasteiger partial charge is 0.354 e. The average Bonchev–Trinajstić information content (AvgIpc) is 1.47. The number of aromatic nitrogens is 3. The molecule has 4 unspecified atom stereocenters. The molecule has 0 amide bonds. The molecule has 12 saturated carbocycles. The first-order chi connectivity index (χ1) is 65.7. The van der Waals surface area contributed by atoms with Crippen LogP contribution in [0.3, 0.4) is 0 Å². The first kappa shape index (κ1) is 101. The van der Waals surface area contributed by atoms with E-state index in [1.807, 2.05) is 0 Å². The minimum atomic E-state index is -1.31. The number of aromatic carboxylic acids is 4. The predicted molar refractivity (Wildman–Crippen MR) is 517 cm³/mol. The van der Waals surface area contributed by atoms with Gasteiger partial charge in [-0.15, -0.1) is 0 Å². The maximum atomic E-state index is 14.1. The summed E-state index contributed by atoms with van der Waals surface area (Å²) in [6.07, 6.45) is 49.0. The number of benzene rings is 1. The number of hydrogen-bond acceptors (Lipinski definition) is 19. The lowest BCUT2D eigenvalue weighted by molar-refractivity contribution is -0.316. The summed E-state index contributed by atoms with van der Waals surface area (Å²) in [5.74, 6) is 1.77. The Morgan fingerprint density at radius 3 is 1.06 bits per heavy atom. The van der Waals surface area contributed by atoms with E-state index in [2.05, 4.69) is 96.7 Å². The third kappa shape index (κ3) is 20.2. The lowest BCUT2D eigenvalue weighted by atomic mass is 9.46. The summed E-state index contributed by atoms with van der Waals surface area (Å²) in [5, 5.41) is 37.4. The number of halogens is 1. The summed E-state index contributed by atoms with van der Waals surface area (Å²) in [7, 11) is 0. The van der Waals surface area contributed by atoms with Gasteiger partial charge in [0, 0.05) is 76.2 Å². The zero-order valence-corrected chi connectivity index (χ0v) is 83.0. The molecule has 4 aromatic rings. The van der Waals surface area contributed by atoms with Crippen molar-refractivity contribution in [3.63, 3.8) is 0 Å². The predicted octanol–water partition coefficient (Wildman–Crippen LogP) is 24.2. The van der Waals surface area contributed by atoms with Gasteiger partial charge >= 0.3 is 23.9 Å². The molecule has 1 aromatic carbocycles. The molecule has 24 heteroatoms. The van der Waals surface area contributed by atoms with Gasteiger partial charge in [0.1, 0.15) is 39.8 Å². The summed E-state index contributed by atoms with van der Waals surface area (Å²) in [4.78, 5) is 57.6. The number of carbonyl (C=O) groups is 4. The monoisotopic (exact) mass is 1890 g/mol. The van der Waals surface area contributed by atoms with Crippen LogP contribution in [0, 0.1) is 120 Å². The van der Waals surface area contributed by atoms with Crippen molar-refractivity contribution in [2.45, 2.75) is 336 Å². The van der Waals surface area contributed by atoms with Gasteiger partial charge in [0.2, 0.25) is 0 Å². The van der Waals surface area contributed by atoms with Crippen molar-refractivity contribution in [1.82, 2.24) is 15.0 Å². The molecule has 20 rings (SSSR count). The Morgan fingerprint density at radius 1 is 0.372 bits per heavy atom. The summed E-state index contributed by atoms with van der Waals surface area (Å²) in [6.45, 7) is 42.0. The summed E-state index contributed by atoms with van der Waals surface area (Å²) in [5.41, 5.74) is 5.50. The number of hydrogen-bond donors (Lipinski definition) is 4. The zero-order valence-electron chi connectivity index (χ0n) is 83.0. The fourth-order valence-electron chi connectivity index (χ4n) is 31.4. The number of allylic oxidation sites excluding steroid dienone is 4. The standard InChI is InChI=1S/C29H39FO5.3C28H39NO5/c1-18-11-12-23-28(2,20(18)14-16-33-22-10-6-9-21(30)25(22)26(31)32)15-13-24-29(23,3)17-34-27(35-24)19-7-4-5-8-19;1-18-8-9-23-27(2,21(18)12-15-32-22-11-14-29-16-20(22)25(30)31)13-10-24-28(23,3)17-33-26(34-24)19-6-4-5-7-19;1-18-8-9-23-27(2,21(18)12-15-32-22-16-29-14-11-20(22)25(30)31)13-10-24-28(23,3)17-33-26(34-24)19-6-4-5-7-19;1-18-8-9-23-27(2,21(18)12-15-32-20-11-14-29-22(16-20)25(30)31)13-10-24-28(23,3)17-33-26(34-24)19-6-4-5-7-19/h6,9-10,19-20,23-24,27H,1,4-5,7-8,11-17H2,2-3H3,(H,31,32);3*11,14,16,19,21,23-24,26H,1,4-10,12-13,15,17H2,2-3H3,(H,30,31)/t20-,23?,24-,27-,28+,29+;3*21-,23?,24-,26-,27+,28+/m1111/s1. The van der Waals surface area contributed by atoms with Gasteiger partial charge in [0.25, 0.3) is 0 Å². The van der Waals surface area contributed by atoms with Crippen LogP contribution in [0.1, 0.15) is 328 Å². The lowest BCUT2D eigenvalue weighted by Crippen LogP contribution is -2.62. The Kier molecular flexibility index (Phi) is 31.0. The maximum absolute atomic E-state index is 14.1. The highest BCUT2D eigenvalue weighted by molar-refractivity contribution is 5.92. The molecule has 0 bridgehead atoms. The summed E-state index contributed by atoms with van der Waals surface area (Å²) >= 11 is 0. The number of ether oxygens (including phenoxy) is 12. The highest BCUT2D eigenvalue weighted by atomic mass is 19.1. The molecule has 4 aliphatic heterocycles. The Bertz CT molecular complexity index is 4810. The second kappa shape index (κ2) is 42.1.